The molecule has 3 aromatic rings. The Bertz CT molecular complexity index is 1260. The minimum absolute atomic E-state index is 0.186. The first-order valence-electron chi connectivity index (χ1n) is 10.2. The molecule has 2 heterocycles. The fraction of sp³-hybridized carbons (Fsp3) is 0.381. The average Bonchev–Trinajstić information content (AvgIpc) is 3.24. The van der Waals surface area contributed by atoms with Crippen LogP contribution in [-0.4, -0.2) is 58.8 Å². The maximum Gasteiger partial charge on any atom is 0.278 e. The zero-order chi connectivity index (χ0) is 20.7. The molecule has 30 heavy (non-hydrogen) atoms. The molecule has 1 saturated heterocycles. The molecule has 0 saturated carbocycles. The van der Waals surface area contributed by atoms with Gasteiger partial charge in [0, 0.05) is 26.2 Å². The number of aromatic nitrogens is 3. The van der Waals surface area contributed by atoms with Gasteiger partial charge >= 0.3 is 0 Å². The highest BCUT2D eigenvalue weighted by Crippen LogP contribution is 2.26. The summed E-state index contributed by atoms with van der Waals surface area (Å²) in [5.74, 6) is 0. The zero-order valence-corrected chi connectivity index (χ0v) is 17.4. The number of nitrogens with zero attached hydrogens (tertiary/aromatic N) is 5. The van der Waals surface area contributed by atoms with Crippen LogP contribution in [0.15, 0.2) is 52.2 Å². The lowest BCUT2D eigenvalue weighted by molar-refractivity contribution is 0.141. The molecule has 0 N–H and O–H groups in total. The number of aryl methyl sites for hydroxylation is 2. The van der Waals surface area contributed by atoms with Crippen LogP contribution in [0.1, 0.15) is 17.5 Å². The topological polar surface area (TPSA) is 88.4 Å². The maximum atomic E-state index is 13.1. The Morgan fingerprint density at radius 3 is 2.53 bits per heavy atom. The van der Waals surface area contributed by atoms with Gasteiger partial charge in [-0.1, -0.05) is 23.4 Å². The van der Waals surface area contributed by atoms with Crippen molar-refractivity contribution in [2.75, 3.05) is 26.2 Å². The standard InChI is InChI=1S/C21H23N5O3S/c27-21-19-6-1-2-7-20(19)22-23-26(21)15-24-10-12-25(13-11-24)30(28,29)18-9-8-16-4-3-5-17(16)14-18/h1-2,6-9,14H,3-5,10-13,15H2. The molecule has 8 nitrogen and oxygen atoms in total. The summed E-state index contributed by atoms with van der Waals surface area (Å²) >= 11 is 0. The molecule has 0 radical (unpaired) electrons. The maximum absolute atomic E-state index is 13.1. The number of benzene rings is 2. The van der Waals surface area contributed by atoms with Crippen LogP contribution in [0.4, 0.5) is 0 Å². The van der Waals surface area contributed by atoms with Gasteiger partial charge in [0.25, 0.3) is 5.56 Å². The largest absolute Gasteiger partial charge is 0.282 e. The van der Waals surface area contributed by atoms with Gasteiger partial charge in [-0.2, -0.15) is 8.99 Å². The van der Waals surface area contributed by atoms with Gasteiger partial charge in [0.05, 0.1) is 17.0 Å². The fourth-order valence-electron chi connectivity index (χ4n) is 4.27. The van der Waals surface area contributed by atoms with Crippen molar-refractivity contribution < 1.29 is 8.42 Å². The van der Waals surface area contributed by atoms with E-state index in [1.165, 1.54) is 14.6 Å². The predicted molar refractivity (Wildman–Crippen MR) is 113 cm³/mol. The van der Waals surface area contributed by atoms with Crippen molar-refractivity contribution in [2.24, 2.45) is 0 Å². The number of hydrogen-bond donors (Lipinski definition) is 0. The van der Waals surface area contributed by atoms with Gasteiger partial charge in [-0.25, -0.2) is 8.42 Å². The molecule has 0 amide bonds. The van der Waals surface area contributed by atoms with Crippen molar-refractivity contribution in [3.63, 3.8) is 0 Å². The second kappa shape index (κ2) is 7.57. The lowest BCUT2D eigenvalue weighted by Gasteiger charge is -2.33. The highest BCUT2D eigenvalue weighted by Gasteiger charge is 2.29. The van der Waals surface area contributed by atoms with Gasteiger partial charge in [0.15, 0.2) is 0 Å². The van der Waals surface area contributed by atoms with E-state index in [2.05, 4.69) is 10.3 Å². The summed E-state index contributed by atoms with van der Waals surface area (Å²) in [6.45, 7) is 2.13. The predicted octanol–water partition coefficient (Wildman–Crippen LogP) is 1.24. The third kappa shape index (κ3) is 3.42. The molecule has 1 fully saturated rings. The second-order valence-electron chi connectivity index (χ2n) is 7.86. The SMILES string of the molecule is O=c1c2ccccc2nnn1CN1CCN(S(=O)(=O)c2ccc3c(c2)CCC3)CC1. The Morgan fingerprint density at radius 2 is 1.70 bits per heavy atom. The summed E-state index contributed by atoms with van der Waals surface area (Å²) in [5, 5.41) is 8.67. The minimum atomic E-state index is -3.51. The average molecular weight is 426 g/mol. The van der Waals surface area contributed by atoms with Crippen LogP contribution in [0.25, 0.3) is 10.9 Å². The second-order valence-corrected chi connectivity index (χ2v) is 9.80. The highest BCUT2D eigenvalue weighted by atomic mass is 32.2. The van der Waals surface area contributed by atoms with Crippen LogP contribution in [0.5, 0.6) is 0 Å². The molecule has 0 atom stereocenters. The van der Waals surface area contributed by atoms with E-state index in [9.17, 15) is 13.2 Å². The van der Waals surface area contributed by atoms with Crippen LogP contribution in [0.3, 0.4) is 0 Å². The van der Waals surface area contributed by atoms with Crippen LogP contribution >= 0.6 is 0 Å². The van der Waals surface area contributed by atoms with Crippen LogP contribution in [-0.2, 0) is 29.5 Å². The first-order chi connectivity index (χ1) is 14.5. The van der Waals surface area contributed by atoms with Crippen LogP contribution in [0, 0.1) is 0 Å². The molecule has 0 unspecified atom stereocenters. The third-order valence-corrected chi connectivity index (χ3v) is 7.90. The Kier molecular flexibility index (Phi) is 4.88. The van der Waals surface area contributed by atoms with Crippen molar-refractivity contribution in [3.8, 4) is 0 Å². The Morgan fingerprint density at radius 1 is 0.933 bits per heavy atom. The minimum Gasteiger partial charge on any atom is -0.282 e. The molecule has 5 rings (SSSR count). The summed E-state index contributed by atoms with van der Waals surface area (Å²) in [6, 6.07) is 12.7. The lowest BCUT2D eigenvalue weighted by Crippen LogP contribution is -2.49. The molecule has 156 valence electrons. The summed E-state index contributed by atoms with van der Waals surface area (Å²) in [5.41, 5.74) is 2.81. The Balaban J connectivity index is 1.28. The summed E-state index contributed by atoms with van der Waals surface area (Å²) in [6.07, 6.45) is 3.08. The molecule has 0 bridgehead atoms. The van der Waals surface area contributed by atoms with Gasteiger partial charge in [-0.05, 0) is 54.7 Å². The van der Waals surface area contributed by atoms with E-state index in [1.54, 1.807) is 24.3 Å². The van der Waals surface area contributed by atoms with E-state index < -0.39 is 10.0 Å². The first-order valence-corrected chi connectivity index (χ1v) is 11.6. The van der Waals surface area contributed by atoms with Crippen molar-refractivity contribution in [3.05, 3.63) is 63.9 Å². The molecular formula is C21H23N5O3S. The van der Waals surface area contributed by atoms with E-state index in [0.717, 1.165) is 24.8 Å². The number of rotatable bonds is 4. The zero-order valence-electron chi connectivity index (χ0n) is 16.6. The van der Waals surface area contributed by atoms with Gasteiger partial charge < -0.3 is 0 Å². The van der Waals surface area contributed by atoms with Crippen LogP contribution in [0.2, 0.25) is 0 Å². The fourth-order valence-corrected chi connectivity index (χ4v) is 5.75. The molecule has 2 aromatic carbocycles. The number of fused-ring (bicyclic) bond motifs is 2. The molecule has 1 aliphatic carbocycles. The Hall–Kier alpha value is -2.62. The van der Waals surface area contributed by atoms with Crippen molar-refractivity contribution in [1.82, 2.24) is 24.2 Å². The highest BCUT2D eigenvalue weighted by molar-refractivity contribution is 7.89. The summed E-state index contributed by atoms with van der Waals surface area (Å²) in [4.78, 5) is 15.0. The summed E-state index contributed by atoms with van der Waals surface area (Å²) < 4.78 is 29.0. The Labute approximate surface area is 174 Å². The van der Waals surface area contributed by atoms with Gasteiger partial charge in [-0.3, -0.25) is 9.69 Å². The first kappa shape index (κ1) is 19.3. The lowest BCUT2D eigenvalue weighted by atomic mass is 10.1. The van der Waals surface area contributed by atoms with Gasteiger partial charge in [-0.15, -0.1) is 5.10 Å². The van der Waals surface area contributed by atoms with E-state index >= 15 is 0 Å². The normalized spacial score (nSPS) is 18.0. The van der Waals surface area contributed by atoms with E-state index in [4.69, 9.17) is 0 Å². The molecule has 1 aliphatic heterocycles. The van der Waals surface area contributed by atoms with Crippen LogP contribution < -0.4 is 5.56 Å². The number of hydrogen-bond acceptors (Lipinski definition) is 6. The monoisotopic (exact) mass is 425 g/mol. The molecule has 0 spiro atoms. The summed E-state index contributed by atoms with van der Waals surface area (Å²) in [7, 11) is -3.51. The van der Waals surface area contributed by atoms with Crippen molar-refractivity contribution in [1.29, 1.82) is 0 Å². The third-order valence-electron chi connectivity index (χ3n) is 6.00. The molecule has 1 aromatic heterocycles. The van der Waals surface area contributed by atoms with E-state index in [1.807, 2.05) is 23.1 Å². The van der Waals surface area contributed by atoms with E-state index in [-0.39, 0.29) is 5.56 Å². The molecular weight excluding hydrogens is 402 g/mol. The quantitative estimate of drug-likeness (QED) is 0.625. The van der Waals surface area contributed by atoms with Crippen molar-refractivity contribution >= 4 is 20.9 Å². The smallest absolute Gasteiger partial charge is 0.278 e. The van der Waals surface area contributed by atoms with E-state index in [0.29, 0.717) is 48.6 Å². The molecule has 2 aliphatic rings. The number of sulfonamides is 1. The van der Waals surface area contributed by atoms with Gasteiger partial charge in [0.2, 0.25) is 10.0 Å². The van der Waals surface area contributed by atoms with Gasteiger partial charge in [0.1, 0.15) is 5.52 Å². The number of piperazine rings is 1. The molecule has 9 heteroatoms. The van der Waals surface area contributed by atoms with Crippen molar-refractivity contribution in [2.45, 2.75) is 30.8 Å².